The Morgan fingerprint density at radius 3 is 1.36 bits per heavy atom. The summed E-state index contributed by atoms with van der Waals surface area (Å²) in [5, 5.41) is 0. The van der Waals surface area contributed by atoms with Crippen molar-refractivity contribution in [3.05, 3.63) is 11.1 Å². The fourth-order valence-electron chi connectivity index (χ4n) is 2.82. The fraction of sp³-hybridized carbons (Fsp3) is 0.810. The molecule has 0 radical (unpaired) electrons. The standard InChI is InChI=1S/C21H38O4/c1-5-9-11-12-13-15-17-19(21(23)25-8-4)18(16-14-10-6-2)20(22)24-7-3/h5-17H2,1-4H3/b19-18-. The van der Waals surface area contributed by atoms with Crippen LogP contribution in [-0.2, 0) is 19.1 Å². The number of ether oxygens (including phenoxy) is 2. The lowest BCUT2D eigenvalue weighted by molar-refractivity contribution is -0.142. The average Bonchev–Trinajstić information content (AvgIpc) is 2.59. The minimum Gasteiger partial charge on any atom is -0.463 e. The van der Waals surface area contributed by atoms with Crippen LogP contribution in [0.1, 0.15) is 98.3 Å². The van der Waals surface area contributed by atoms with Crippen molar-refractivity contribution in [1.82, 2.24) is 0 Å². The van der Waals surface area contributed by atoms with Gasteiger partial charge in [0.25, 0.3) is 0 Å². The molecule has 0 aromatic heterocycles. The maximum absolute atomic E-state index is 12.4. The normalized spacial score (nSPS) is 11.8. The number of unbranched alkanes of at least 4 members (excludes halogenated alkanes) is 7. The van der Waals surface area contributed by atoms with Gasteiger partial charge in [-0.2, -0.15) is 0 Å². The summed E-state index contributed by atoms with van der Waals surface area (Å²) in [4.78, 5) is 24.8. The van der Waals surface area contributed by atoms with E-state index < -0.39 is 0 Å². The van der Waals surface area contributed by atoms with E-state index in [1.807, 2.05) is 0 Å². The van der Waals surface area contributed by atoms with Gasteiger partial charge in [0.1, 0.15) is 0 Å². The molecular weight excluding hydrogens is 316 g/mol. The van der Waals surface area contributed by atoms with Crippen molar-refractivity contribution in [2.75, 3.05) is 13.2 Å². The molecule has 0 bridgehead atoms. The zero-order chi connectivity index (χ0) is 18.9. The lowest BCUT2D eigenvalue weighted by atomic mass is 9.96. The van der Waals surface area contributed by atoms with Gasteiger partial charge in [-0.05, 0) is 39.5 Å². The molecule has 0 N–H and O–H groups in total. The van der Waals surface area contributed by atoms with E-state index in [4.69, 9.17) is 9.47 Å². The third-order valence-corrected chi connectivity index (χ3v) is 4.22. The van der Waals surface area contributed by atoms with E-state index in [9.17, 15) is 9.59 Å². The molecule has 0 aliphatic carbocycles. The first-order valence-electron chi connectivity index (χ1n) is 10.2. The number of hydrogen-bond acceptors (Lipinski definition) is 4. The number of rotatable bonds is 15. The Balaban J connectivity index is 5.08. The van der Waals surface area contributed by atoms with E-state index in [-0.39, 0.29) is 11.9 Å². The first-order valence-corrected chi connectivity index (χ1v) is 10.2. The minimum atomic E-state index is -0.354. The van der Waals surface area contributed by atoms with Crippen LogP contribution in [0.2, 0.25) is 0 Å². The number of esters is 2. The van der Waals surface area contributed by atoms with Gasteiger partial charge in [-0.15, -0.1) is 0 Å². The van der Waals surface area contributed by atoms with Crippen molar-refractivity contribution in [1.29, 1.82) is 0 Å². The monoisotopic (exact) mass is 354 g/mol. The van der Waals surface area contributed by atoms with Crippen LogP contribution >= 0.6 is 0 Å². The Labute approximate surface area is 154 Å². The molecule has 0 rings (SSSR count). The first kappa shape index (κ1) is 23.7. The number of hydrogen-bond donors (Lipinski definition) is 0. The highest BCUT2D eigenvalue weighted by Gasteiger charge is 2.22. The van der Waals surface area contributed by atoms with Gasteiger partial charge in [0.2, 0.25) is 0 Å². The molecule has 0 heterocycles. The second-order valence-corrected chi connectivity index (χ2v) is 6.37. The van der Waals surface area contributed by atoms with Crippen LogP contribution in [0, 0.1) is 0 Å². The smallest absolute Gasteiger partial charge is 0.334 e. The largest absolute Gasteiger partial charge is 0.463 e. The minimum absolute atomic E-state index is 0.323. The van der Waals surface area contributed by atoms with E-state index in [0.29, 0.717) is 37.2 Å². The first-order chi connectivity index (χ1) is 12.1. The van der Waals surface area contributed by atoms with E-state index in [1.54, 1.807) is 13.8 Å². The molecule has 0 spiro atoms. The molecule has 0 saturated heterocycles. The summed E-state index contributed by atoms with van der Waals surface area (Å²) in [5.74, 6) is -0.705. The van der Waals surface area contributed by atoms with Crippen LogP contribution < -0.4 is 0 Å². The quantitative estimate of drug-likeness (QED) is 0.214. The molecule has 0 saturated carbocycles. The molecule has 4 nitrogen and oxygen atoms in total. The van der Waals surface area contributed by atoms with Gasteiger partial charge in [0.15, 0.2) is 0 Å². The van der Waals surface area contributed by atoms with Crippen molar-refractivity contribution in [2.24, 2.45) is 0 Å². The van der Waals surface area contributed by atoms with Gasteiger partial charge in [-0.1, -0.05) is 58.8 Å². The van der Waals surface area contributed by atoms with Crippen LogP contribution in [-0.4, -0.2) is 25.2 Å². The Hall–Kier alpha value is -1.32. The molecule has 0 atom stereocenters. The summed E-state index contributed by atoms with van der Waals surface area (Å²) < 4.78 is 10.4. The molecular formula is C21H38O4. The van der Waals surface area contributed by atoms with E-state index in [0.717, 1.165) is 32.1 Å². The molecule has 0 fully saturated rings. The topological polar surface area (TPSA) is 52.6 Å². The maximum Gasteiger partial charge on any atom is 0.334 e. The van der Waals surface area contributed by atoms with Gasteiger partial charge in [-0.25, -0.2) is 9.59 Å². The second-order valence-electron chi connectivity index (χ2n) is 6.37. The molecule has 0 aromatic carbocycles. The Morgan fingerprint density at radius 1 is 0.560 bits per heavy atom. The molecule has 4 heteroatoms. The van der Waals surface area contributed by atoms with Gasteiger partial charge in [-0.3, -0.25) is 0 Å². The predicted molar refractivity (Wildman–Crippen MR) is 102 cm³/mol. The molecule has 0 unspecified atom stereocenters. The Morgan fingerprint density at radius 2 is 0.920 bits per heavy atom. The van der Waals surface area contributed by atoms with Crippen molar-refractivity contribution in [2.45, 2.75) is 98.3 Å². The third-order valence-electron chi connectivity index (χ3n) is 4.22. The van der Waals surface area contributed by atoms with Crippen molar-refractivity contribution in [3.63, 3.8) is 0 Å². The molecule has 0 aliphatic heterocycles. The summed E-state index contributed by atoms with van der Waals surface area (Å²) in [5.41, 5.74) is 1.06. The van der Waals surface area contributed by atoms with Gasteiger partial charge in [0, 0.05) is 11.1 Å². The number of carbonyl (C=O) groups excluding carboxylic acids is 2. The Kier molecular flexibility index (Phi) is 15.3. The SMILES string of the molecule is CCCCCCCC/C(C(=O)OCC)=C(\CCCCC)C(=O)OCC. The van der Waals surface area contributed by atoms with Crippen molar-refractivity contribution >= 4 is 11.9 Å². The summed E-state index contributed by atoms with van der Waals surface area (Å²) in [6.45, 7) is 8.55. The van der Waals surface area contributed by atoms with Gasteiger partial charge in [0.05, 0.1) is 13.2 Å². The second kappa shape index (κ2) is 16.2. The fourth-order valence-corrected chi connectivity index (χ4v) is 2.82. The van der Waals surface area contributed by atoms with Crippen LogP contribution in [0.4, 0.5) is 0 Å². The summed E-state index contributed by atoms with van der Waals surface area (Å²) in [6, 6.07) is 0. The lowest BCUT2D eigenvalue weighted by Gasteiger charge is -2.14. The maximum atomic E-state index is 12.4. The zero-order valence-electron chi connectivity index (χ0n) is 16.8. The van der Waals surface area contributed by atoms with Crippen molar-refractivity contribution < 1.29 is 19.1 Å². The van der Waals surface area contributed by atoms with Crippen LogP contribution in [0.15, 0.2) is 11.1 Å². The highest BCUT2D eigenvalue weighted by Crippen LogP contribution is 2.22. The van der Waals surface area contributed by atoms with Gasteiger partial charge >= 0.3 is 11.9 Å². The molecule has 0 amide bonds. The molecule has 146 valence electrons. The summed E-state index contributed by atoms with van der Waals surface area (Å²) in [6.07, 6.45) is 11.1. The predicted octanol–water partition coefficient (Wildman–Crippen LogP) is 5.74. The van der Waals surface area contributed by atoms with Crippen LogP contribution in [0.3, 0.4) is 0 Å². The zero-order valence-corrected chi connectivity index (χ0v) is 16.8. The van der Waals surface area contributed by atoms with Crippen LogP contribution in [0.25, 0.3) is 0 Å². The summed E-state index contributed by atoms with van der Waals surface area (Å²) >= 11 is 0. The highest BCUT2D eigenvalue weighted by atomic mass is 16.5. The lowest BCUT2D eigenvalue weighted by Crippen LogP contribution is -2.17. The molecule has 25 heavy (non-hydrogen) atoms. The Bertz CT molecular complexity index is 399. The average molecular weight is 355 g/mol. The van der Waals surface area contributed by atoms with E-state index >= 15 is 0 Å². The summed E-state index contributed by atoms with van der Waals surface area (Å²) in [7, 11) is 0. The van der Waals surface area contributed by atoms with Gasteiger partial charge < -0.3 is 9.47 Å². The molecule has 0 aromatic rings. The molecule has 0 aliphatic rings. The number of carbonyl (C=O) groups is 2. The highest BCUT2D eigenvalue weighted by molar-refractivity contribution is 6.00. The van der Waals surface area contributed by atoms with E-state index in [2.05, 4.69) is 13.8 Å². The van der Waals surface area contributed by atoms with Crippen molar-refractivity contribution in [3.8, 4) is 0 Å². The van der Waals surface area contributed by atoms with Crippen LogP contribution in [0.5, 0.6) is 0 Å². The third kappa shape index (κ3) is 11.0. The van der Waals surface area contributed by atoms with E-state index in [1.165, 1.54) is 25.7 Å².